The quantitative estimate of drug-likeness (QED) is 0.634. The Morgan fingerprint density at radius 3 is 2.55 bits per heavy atom. The maximum absolute atomic E-state index is 10.7. The molecular formula is C17H12N2O. The summed E-state index contributed by atoms with van der Waals surface area (Å²) >= 11 is 0. The number of pyridine rings is 1. The lowest BCUT2D eigenvalue weighted by Crippen LogP contribution is -1.82. The van der Waals surface area contributed by atoms with Gasteiger partial charge in [-0.2, -0.15) is 0 Å². The van der Waals surface area contributed by atoms with E-state index >= 15 is 0 Å². The zero-order valence-corrected chi connectivity index (χ0v) is 10.7. The van der Waals surface area contributed by atoms with Gasteiger partial charge in [-0.15, -0.1) is 4.91 Å². The van der Waals surface area contributed by atoms with E-state index in [1.165, 1.54) is 0 Å². The van der Waals surface area contributed by atoms with Crippen LogP contribution < -0.4 is 0 Å². The van der Waals surface area contributed by atoms with Crippen LogP contribution in [0.25, 0.3) is 23.1 Å². The Hall–Kier alpha value is -2.81. The molecule has 1 aromatic heterocycles. The largest absolute Gasteiger partial charge is 0.248 e. The third-order valence-corrected chi connectivity index (χ3v) is 3.09. The molecule has 96 valence electrons. The number of nitroso groups, excluding NO2 is 1. The minimum Gasteiger partial charge on any atom is -0.248 e. The lowest BCUT2D eigenvalue weighted by molar-refractivity contribution is 1.37. The first-order valence-electron chi connectivity index (χ1n) is 6.33. The number of nitrogens with zero attached hydrogens (tertiary/aromatic N) is 2. The van der Waals surface area contributed by atoms with Gasteiger partial charge in [-0.25, -0.2) is 4.98 Å². The first kappa shape index (κ1) is 12.2. The van der Waals surface area contributed by atoms with Gasteiger partial charge in [0.05, 0.1) is 11.2 Å². The molecule has 0 amide bonds. The van der Waals surface area contributed by atoms with Crippen LogP contribution in [0.4, 0.5) is 5.69 Å². The molecule has 3 heteroatoms. The van der Waals surface area contributed by atoms with Crippen LogP contribution in [0.2, 0.25) is 0 Å². The highest BCUT2D eigenvalue weighted by Crippen LogP contribution is 2.21. The molecule has 2 aromatic carbocycles. The number of aromatic nitrogens is 1. The van der Waals surface area contributed by atoms with Crippen molar-refractivity contribution in [2.75, 3.05) is 0 Å². The summed E-state index contributed by atoms with van der Waals surface area (Å²) in [7, 11) is 0. The van der Waals surface area contributed by atoms with Gasteiger partial charge >= 0.3 is 0 Å². The molecule has 20 heavy (non-hydrogen) atoms. The molecule has 0 N–H and O–H groups in total. The first-order valence-corrected chi connectivity index (χ1v) is 6.33. The average Bonchev–Trinajstić information content (AvgIpc) is 2.53. The minimum absolute atomic E-state index is 0.435. The van der Waals surface area contributed by atoms with E-state index in [4.69, 9.17) is 0 Å². The Morgan fingerprint density at radius 1 is 0.850 bits per heavy atom. The number of rotatable bonds is 3. The monoisotopic (exact) mass is 260 g/mol. The molecular weight excluding hydrogens is 248 g/mol. The van der Waals surface area contributed by atoms with Crippen LogP contribution in [-0.4, -0.2) is 4.98 Å². The van der Waals surface area contributed by atoms with Gasteiger partial charge in [0.15, 0.2) is 0 Å². The van der Waals surface area contributed by atoms with E-state index in [9.17, 15) is 4.91 Å². The van der Waals surface area contributed by atoms with Gasteiger partial charge in [-0.3, -0.25) is 0 Å². The topological polar surface area (TPSA) is 42.3 Å². The van der Waals surface area contributed by atoms with Crippen molar-refractivity contribution in [3.63, 3.8) is 0 Å². The molecule has 3 nitrogen and oxygen atoms in total. The highest BCUT2D eigenvalue weighted by atomic mass is 16.3. The molecule has 0 aliphatic carbocycles. The van der Waals surface area contributed by atoms with Gasteiger partial charge in [0, 0.05) is 10.9 Å². The van der Waals surface area contributed by atoms with Gasteiger partial charge in [0.2, 0.25) is 0 Å². The summed E-state index contributed by atoms with van der Waals surface area (Å²) in [6.07, 6.45) is 3.74. The Bertz CT molecular complexity index is 794. The summed E-state index contributed by atoms with van der Waals surface area (Å²) in [6.45, 7) is 0. The van der Waals surface area contributed by atoms with E-state index in [2.05, 4.69) is 10.2 Å². The first-order chi connectivity index (χ1) is 9.86. The van der Waals surface area contributed by atoms with Gasteiger partial charge in [0.1, 0.15) is 5.69 Å². The maximum atomic E-state index is 10.7. The van der Waals surface area contributed by atoms with Crippen molar-refractivity contribution in [3.8, 4) is 0 Å². The van der Waals surface area contributed by atoms with Crippen LogP contribution in [0.1, 0.15) is 11.3 Å². The lowest BCUT2D eigenvalue weighted by Gasteiger charge is -1.99. The van der Waals surface area contributed by atoms with Crippen LogP contribution in [0.5, 0.6) is 0 Å². The summed E-state index contributed by atoms with van der Waals surface area (Å²) in [5.41, 5.74) is 3.03. The third kappa shape index (κ3) is 2.47. The molecule has 0 saturated carbocycles. The molecule has 3 rings (SSSR count). The molecule has 0 radical (unpaired) electrons. The number of para-hydroxylation sites is 1. The summed E-state index contributed by atoms with van der Waals surface area (Å²) in [5, 5.41) is 4.12. The van der Waals surface area contributed by atoms with E-state index < -0.39 is 0 Å². The highest BCUT2D eigenvalue weighted by molar-refractivity contribution is 5.81. The fourth-order valence-corrected chi connectivity index (χ4v) is 2.06. The fourth-order valence-electron chi connectivity index (χ4n) is 2.06. The second kappa shape index (κ2) is 5.45. The van der Waals surface area contributed by atoms with Crippen molar-refractivity contribution < 1.29 is 0 Å². The predicted octanol–water partition coefficient (Wildman–Crippen LogP) is 4.80. The highest BCUT2D eigenvalue weighted by Gasteiger charge is 1.98. The van der Waals surface area contributed by atoms with E-state index in [0.29, 0.717) is 5.69 Å². The summed E-state index contributed by atoms with van der Waals surface area (Å²) < 4.78 is 0. The molecule has 0 atom stereocenters. The second-order valence-electron chi connectivity index (χ2n) is 4.41. The predicted molar refractivity (Wildman–Crippen MR) is 82.6 cm³/mol. The molecule has 0 unspecified atom stereocenters. The summed E-state index contributed by atoms with van der Waals surface area (Å²) in [4.78, 5) is 15.3. The molecule has 0 bridgehead atoms. The van der Waals surface area contributed by atoms with Crippen molar-refractivity contribution in [1.29, 1.82) is 0 Å². The Kier molecular flexibility index (Phi) is 3.33. The van der Waals surface area contributed by atoms with E-state index in [1.54, 1.807) is 12.1 Å². The van der Waals surface area contributed by atoms with Crippen LogP contribution in [0.15, 0.2) is 65.8 Å². The molecule has 0 fully saturated rings. The van der Waals surface area contributed by atoms with Crippen molar-refractivity contribution in [3.05, 3.63) is 76.8 Å². The lowest BCUT2D eigenvalue weighted by atomic mass is 10.1. The minimum atomic E-state index is 0.435. The van der Waals surface area contributed by atoms with E-state index in [-0.39, 0.29) is 0 Å². The standard InChI is InChI=1S/C17H12N2O/c20-19-17-8-4-2-6-14(17)10-12-15-11-9-13-5-1-3-7-16(13)18-15/h1-12H/b12-10-. The van der Waals surface area contributed by atoms with Gasteiger partial charge < -0.3 is 0 Å². The van der Waals surface area contributed by atoms with Gasteiger partial charge in [-0.1, -0.05) is 48.5 Å². The van der Waals surface area contributed by atoms with Crippen molar-refractivity contribution in [2.45, 2.75) is 0 Å². The molecule has 3 aromatic rings. The number of fused-ring (bicyclic) bond motifs is 1. The third-order valence-electron chi connectivity index (χ3n) is 3.09. The smallest absolute Gasteiger partial charge is 0.115 e. The molecule has 1 heterocycles. The van der Waals surface area contributed by atoms with Crippen molar-refractivity contribution in [1.82, 2.24) is 4.98 Å². The number of benzene rings is 2. The van der Waals surface area contributed by atoms with Crippen LogP contribution in [0.3, 0.4) is 0 Å². The van der Waals surface area contributed by atoms with Crippen LogP contribution in [-0.2, 0) is 0 Å². The second-order valence-corrected chi connectivity index (χ2v) is 4.41. The van der Waals surface area contributed by atoms with Crippen molar-refractivity contribution >= 4 is 28.7 Å². The maximum Gasteiger partial charge on any atom is 0.115 e. The van der Waals surface area contributed by atoms with E-state index in [1.807, 2.05) is 60.7 Å². The molecule has 0 aliphatic rings. The summed E-state index contributed by atoms with van der Waals surface area (Å²) in [5.74, 6) is 0. The zero-order valence-electron chi connectivity index (χ0n) is 10.7. The van der Waals surface area contributed by atoms with Crippen molar-refractivity contribution in [2.24, 2.45) is 5.18 Å². The molecule has 0 spiro atoms. The van der Waals surface area contributed by atoms with Crippen LogP contribution >= 0.6 is 0 Å². The molecule has 0 aliphatic heterocycles. The zero-order chi connectivity index (χ0) is 13.8. The van der Waals surface area contributed by atoms with Crippen LogP contribution in [0, 0.1) is 4.91 Å². The normalized spacial score (nSPS) is 11.0. The number of hydrogen-bond donors (Lipinski definition) is 0. The van der Waals surface area contributed by atoms with E-state index in [0.717, 1.165) is 22.2 Å². The Labute approximate surface area is 116 Å². The fraction of sp³-hybridized carbons (Fsp3) is 0. The Morgan fingerprint density at radius 2 is 1.65 bits per heavy atom. The molecule has 0 saturated heterocycles. The summed E-state index contributed by atoms with van der Waals surface area (Å²) in [6, 6.07) is 19.2. The van der Waals surface area contributed by atoms with Gasteiger partial charge in [0.25, 0.3) is 0 Å². The average molecular weight is 260 g/mol. The Balaban J connectivity index is 1.96. The number of hydrogen-bond acceptors (Lipinski definition) is 3. The van der Waals surface area contributed by atoms with Gasteiger partial charge in [-0.05, 0) is 29.5 Å². The SMILES string of the molecule is O=Nc1ccccc1/C=C\c1ccc2ccccc2n1.